The van der Waals surface area contributed by atoms with Gasteiger partial charge in [0.2, 0.25) is 0 Å². The quantitative estimate of drug-likeness (QED) is 0.416. The van der Waals surface area contributed by atoms with Crippen LogP contribution in [0.2, 0.25) is 0 Å². The lowest BCUT2D eigenvalue weighted by molar-refractivity contribution is -0.110. The number of hydrogen-bond acceptors (Lipinski definition) is 3. The second-order valence-electron chi connectivity index (χ2n) is 4.03. The molecule has 1 saturated heterocycles. The minimum atomic E-state index is -0.521. The molecular formula is C9H15ClN2O. The molecule has 4 heteroatoms. The maximum Gasteiger partial charge on any atom is 0.139 e. The Morgan fingerprint density at radius 3 is 2.38 bits per heavy atom. The molecule has 0 spiro atoms. The molecule has 0 aromatic rings. The van der Waals surface area contributed by atoms with Crippen LogP contribution in [-0.4, -0.2) is 27.9 Å². The van der Waals surface area contributed by atoms with Crippen molar-refractivity contribution in [2.75, 3.05) is 0 Å². The summed E-state index contributed by atoms with van der Waals surface area (Å²) in [6.07, 6.45) is 2.56. The van der Waals surface area contributed by atoms with Gasteiger partial charge in [0.1, 0.15) is 6.29 Å². The summed E-state index contributed by atoms with van der Waals surface area (Å²) in [5.41, 5.74) is -0.914. The molecule has 0 amide bonds. The van der Waals surface area contributed by atoms with Crippen molar-refractivity contribution in [2.24, 2.45) is 0 Å². The van der Waals surface area contributed by atoms with Crippen molar-refractivity contribution in [2.45, 2.75) is 38.0 Å². The smallest absolute Gasteiger partial charge is 0.139 e. The topological polar surface area (TPSA) is 32.3 Å². The van der Waals surface area contributed by atoms with E-state index in [1.54, 1.807) is 10.5 Å². The first-order valence-electron chi connectivity index (χ1n) is 4.21. The fourth-order valence-electron chi connectivity index (χ4n) is 1.69. The molecule has 1 N–H and O–H groups in total. The number of hydrogen-bond donors (Lipinski definition) is 1. The molecule has 0 bridgehead atoms. The zero-order chi connectivity index (χ0) is 10.3. The first-order chi connectivity index (χ1) is 5.88. The normalized spacial score (nSPS) is 38.9. The molecule has 0 saturated carbocycles. The van der Waals surface area contributed by atoms with Gasteiger partial charge in [0.15, 0.2) is 0 Å². The molecule has 3 nitrogen and oxygen atoms in total. The summed E-state index contributed by atoms with van der Waals surface area (Å²) in [4.78, 5) is 10.8. The first kappa shape index (κ1) is 10.7. The summed E-state index contributed by atoms with van der Waals surface area (Å²) in [5, 5.41) is 3.13. The molecule has 0 aromatic heterocycles. The molecule has 2 atom stereocenters. The molecule has 1 heterocycles. The number of nitrogens with one attached hydrogen (secondary N) is 1. The average molecular weight is 203 g/mol. The SMILES string of the molecule is C=CC1(C)C(C=O)NC(C)(C)N1Cl. The third kappa shape index (κ3) is 1.41. The lowest BCUT2D eigenvalue weighted by atomic mass is 9.95. The van der Waals surface area contributed by atoms with Crippen molar-refractivity contribution in [3.8, 4) is 0 Å². The number of aldehydes is 1. The van der Waals surface area contributed by atoms with Crippen molar-refractivity contribution in [3.05, 3.63) is 12.7 Å². The Balaban J connectivity index is 3.07. The van der Waals surface area contributed by atoms with Crippen LogP contribution in [0.3, 0.4) is 0 Å². The second kappa shape index (κ2) is 3.08. The molecule has 0 aromatic carbocycles. The molecule has 1 fully saturated rings. The predicted molar refractivity (Wildman–Crippen MR) is 53.4 cm³/mol. The lowest BCUT2D eigenvalue weighted by Crippen LogP contribution is -2.45. The Labute approximate surface area is 83.8 Å². The van der Waals surface area contributed by atoms with Crippen LogP contribution in [0.1, 0.15) is 20.8 Å². The fourth-order valence-corrected chi connectivity index (χ4v) is 1.91. The van der Waals surface area contributed by atoms with E-state index in [2.05, 4.69) is 11.9 Å². The Morgan fingerprint density at radius 1 is 1.54 bits per heavy atom. The Hall–Kier alpha value is -0.380. The number of rotatable bonds is 2. The molecule has 0 aliphatic carbocycles. The van der Waals surface area contributed by atoms with E-state index < -0.39 is 11.2 Å². The van der Waals surface area contributed by atoms with Crippen LogP contribution >= 0.6 is 11.8 Å². The lowest BCUT2D eigenvalue weighted by Gasteiger charge is -2.33. The van der Waals surface area contributed by atoms with E-state index in [0.29, 0.717) is 0 Å². The van der Waals surface area contributed by atoms with Crippen LogP contribution in [0.15, 0.2) is 12.7 Å². The second-order valence-corrected chi connectivity index (χ2v) is 4.37. The number of nitrogens with zero attached hydrogens (tertiary/aromatic N) is 1. The van der Waals surface area contributed by atoms with Crippen LogP contribution in [0.25, 0.3) is 0 Å². The van der Waals surface area contributed by atoms with E-state index in [1.807, 2.05) is 20.8 Å². The van der Waals surface area contributed by atoms with Gasteiger partial charge in [-0.2, -0.15) is 4.42 Å². The van der Waals surface area contributed by atoms with Gasteiger partial charge < -0.3 is 4.79 Å². The van der Waals surface area contributed by atoms with Crippen molar-refractivity contribution in [3.63, 3.8) is 0 Å². The van der Waals surface area contributed by atoms with Crippen LogP contribution in [0.4, 0.5) is 0 Å². The van der Waals surface area contributed by atoms with Gasteiger partial charge >= 0.3 is 0 Å². The van der Waals surface area contributed by atoms with Crippen molar-refractivity contribution in [1.82, 2.24) is 9.74 Å². The van der Waals surface area contributed by atoms with Crippen LogP contribution in [0, 0.1) is 0 Å². The van der Waals surface area contributed by atoms with Crippen molar-refractivity contribution >= 4 is 18.1 Å². The van der Waals surface area contributed by atoms with Crippen molar-refractivity contribution < 1.29 is 4.79 Å². The Kier molecular flexibility index (Phi) is 2.54. The predicted octanol–water partition coefficient (Wildman–Crippen LogP) is 1.29. The highest BCUT2D eigenvalue weighted by Gasteiger charge is 2.51. The first-order valence-corrected chi connectivity index (χ1v) is 4.55. The summed E-state index contributed by atoms with van der Waals surface area (Å²) in [7, 11) is 0. The Bertz CT molecular complexity index is 242. The summed E-state index contributed by atoms with van der Waals surface area (Å²) in [6.45, 7) is 9.43. The van der Waals surface area contributed by atoms with E-state index in [0.717, 1.165) is 6.29 Å². The highest BCUT2D eigenvalue weighted by atomic mass is 35.5. The molecule has 74 valence electrons. The van der Waals surface area contributed by atoms with Gasteiger partial charge in [-0.25, -0.2) is 0 Å². The zero-order valence-corrected chi connectivity index (χ0v) is 8.93. The van der Waals surface area contributed by atoms with Gasteiger partial charge in [0.05, 0.1) is 17.2 Å². The van der Waals surface area contributed by atoms with E-state index in [-0.39, 0.29) is 6.04 Å². The number of halogens is 1. The van der Waals surface area contributed by atoms with Gasteiger partial charge in [0.25, 0.3) is 0 Å². The summed E-state index contributed by atoms with van der Waals surface area (Å²) in [5.74, 6) is 0. The van der Waals surface area contributed by atoms with Gasteiger partial charge in [-0.1, -0.05) is 6.08 Å². The maximum absolute atomic E-state index is 10.8. The molecular weight excluding hydrogens is 188 g/mol. The van der Waals surface area contributed by atoms with E-state index in [1.165, 1.54) is 0 Å². The van der Waals surface area contributed by atoms with Crippen molar-refractivity contribution in [1.29, 1.82) is 0 Å². The molecule has 1 rings (SSSR count). The largest absolute Gasteiger partial charge is 0.302 e. The number of carbonyl (C=O) groups excluding carboxylic acids is 1. The third-order valence-corrected chi connectivity index (χ3v) is 3.39. The summed E-state index contributed by atoms with van der Waals surface area (Å²) >= 11 is 6.13. The summed E-state index contributed by atoms with van der Waals surface area (Å²) < 4.78 is 1.60. The van der Waals surface area contributed by atoms with Gasteiger partial charge in [-0.3, -0.25) is 5.32 Å². The van der Waals surface area contributed by atoms with Crippen LogP contribution < -0.4 is 5.32 Å². The standard InChI is InChI=1S/C9H15ClN2O/c1-5-9(4)7(6-13)11-8(2,3)12(9)10/h5-7,11H,1H2,2-4H3. The Morgan fingerprint density at radius 2 is 2.08 bits per heavy atom. The highest BCUT2D eigenvalue weighted by Crippen LogP contribution is 2.36. The fraction of sp³-hybridized carbons (Fsp3) is 0.667. The number of carbonyl (C=O) groups is 1. The van der Waals surface area contributed by atoms with E-state index in [9.17, 15) is 4.79 Å². The molecule has 0 radical (unpaired) electrons. The van der Waals surface area contributed by atoms with Gasteiger partial charge in [-0.15, -0.1) is 6.58 Å². The minimum absolute atomic E-state index is 0.308. The van der Waals surface area contributed by atoms with Crippen LogP contribution in [-0.2, 0) is 4.79 Å². The van der Waals surface area contributed by atoms with E-state index >= 15 is 0 Å². The third-order valence-electron chi connectivity index (χ3n) is 2.60. The van der Waals surface area contributed by atoms with Crippen LogP contribution in [0.5, 0.6) is 0 Å². The molecule has 1 aliphatic heterocycles. The average Bonchev–Trinajstić information content (AvgIpc) is 2.27. The molecule has 13 heavy (non-hydrogen) atoms. The zero-order valence-electron chi connectivity index (χ0n) is 8.17. The van der Waals surface area contributed by atoms with Gasteiger partial charge in [-0.05, 0) is 32.5 Å². The maximum atomic E-state index is 10.8. The molecule has 1 aliphatic rings. The van der Waals surface area contributed by atoms with Gasteiger partial charge in [0, 0.05) is 0 Å². The highest BCUT2D eigenvalue weighted by molar-refractivity contribution is 6.15. The monoisotopic (exact) mass is 202 g/mol. The minimum Gasteiger partial charge on any atom is -0.302 e. The van der Waals surface area contributed by atoms with E-state index in [4.69, 9.17) is 11.8 Å². The molecule has 2 unspecified atom stereocenters. The summed E-state index contributed by atoms with van der Waals surface area (Å²) in [6, 6.07) is -0.308.